The summed E-state index contributed by atoms with van der Waals surface area (Å²) in [6.45, 7) is 0.444. The Balaban J connectivity index is 2.28. The van der Waals surface area contributed by atoms with E-state index in [1.165, 1.54) is 6.07 Å². The van der Waals surface area contributed by atoms with Gasteiger partial charge in [-0.25, -0.2) is 4.39 Å². The van der Waals surface area contributed by atoms with E-state index in [2.05, 4.69) is 20.9 Å². The van der Waals surface area contributed by atoms with Crippen LogP contribution in [0.2, 0.25) is 0 Å². The minimum Gasteiger partial charge on any atom is -0.396 e. The topological polar surface area (TPSA) is 42.1 Å². The maximum atomic E-state index is 13.6. The van der Waals surface area contributed by atoms with Gasteiger partial charge >= 0.3 is 0 Å². The van der Waals surface area contributed by atoms with Crippen molar-refractivity contribution in [3.63, 3.8) is 0 Å². The smallest absolute Gasteiger partial charge is 0.128 e. The molecule has 0 atom stereocenters. The second-order valence-electron chi connectivity index (χ2n) is 4.01. The van der Waals surface area contributed by atoms with E-state index in [9.17, 15) is 4.39 Å². The highest BCUT2D eigenvalue weighted by Gasteiger charge is 2.12. The number of nitrogens with two attached hydrogens (primary N) is 1. The maximum absolute atomic E-state index is 13.6. The van der Waals surface area contributed by atoms with Gasteiger partial charge in [0.05, 0.1) is 22.0 Å². The van der Waals surface area contributed by atoms with Crippen LogP contribution in [0.1, 0.15) is 5.56 Å². The Labute approximate surface area is 114 Å². The normalized spacial score (nSPS) is 10.4. The highest BCUT2D eigenvalue weighted by molar-refractivity contribution is 9.10. The van der Waals surface area contributed by atoms with Crippen molar-refractivity contribution in [1.29, 1.82) is 0 Å². The van der Waals surface area contributed by atoms with Crippen LogP contribution < -0.4 is 10.6 Å². The standard InChI is InChI=1S/C13H13BrFN3/c1-18(8-9-4-2-3-5-11(9)15)13-10(14)6-17-7-12(13)16/h2-7H,8,16H2,1H3. The minimum atomic E-state index is -0.215. The second-order valence-corrected chi connectivity index (χ2v) is 4.86. The molecule has 0 fully saturated rings. The minimum absolute atomic E-state index is 0.215. The number of hydrogen-bond donors (Lipinski definition) is 1. The lowest BCUT2D eigenvalue weighted by Crippen LogP contribution is -2.19. The summed E-state index contributed by atoms with van der Waals surface area (Å²) < 4.78 is 14.4. The Bertz CT molecular complexity index is 539. The quantitative estimate of drug-likeness (QED) is 0.946. The molecule has 0 unspecified atom stereocenters. The van der Waals surface area contributed by atoms with Gasteiger partial charge in [-0.15, -0.1) is 0 Å². The summed E-state index contributed by atoms with van der Waals surface area (Å²) in [6.07, 6.45) is 3.25. The molecule has 2 aromatic rings. The van der Waals surface area contributed by atoms with E-state index in [1.54, 1.807) is 24.5 Å². The van der Waals surface area contributed by atoms with Gasteiger partial charge in [-0.1, -0.05) is 18.2 Å². The van der Waals surface area contributed by atoms with Gasteiger partial charge in [-0.3, -0.25) is 4.98 Å². The molecule has 2 rings (SSSR count). The molecular formula is C13H13BrFN3. The summed E-state index contributed by atoms with van der Waals surface area (Å²) in [5.41, 5.74) is 7.89. The first kappa shape index (κ1) is 12.8. The molecule has 5 heteroatoms. The SMILES string of the molecule is CN(Cc1ccccc1F)c1c(N)cncc1Br. The summed E-state index contributed by atoms with van der Waals surface area (Å²) in [6, 6.07) is 6.71. The van der Waals surface area contributed by atoms with Crippen LogP contribution in [0, 0.1) is 5.82 Å². The van der Waals surface area contributed by atoms with Crippen LogP contribution in [0.3, 0.4) is 0 Å². The Morgan fingerprint density at radius 2 is 2.06 bits per heavy atom. The largest absolute Gasteiger partial charge is 0.396 e. The Hall–Kier alpha value is -1.62. The van der Waals surface area contributed by atoms with Crippen molar-refractivity contribution in [3.8, 4) is 0 Å². The summed E-state index contributed by atoms with van der Waals surface area (Å²) in [5, 5.41) is 0. The number of anilines is 2. The van der Waals surface area contributed by atoms with Gasteiger partial charge in [0, 0.05) is 25.4 Å². The van der Waals surface area contributed by atoms with E-state index in [-0.39, 0.29) is 5.82 Å². The molecule has 0 saturated heterocycles. The molecule has 0 aliphatic rings. The van der Waals surface area contributed by atoms with Crippen molar-refractivity contribution in [2.45, 2.75) is 6.54 Å². The number of hydrogen-bond acceptors (Lipinski definition) is 3. The fourth-order valence-electron chi connectivity index (χ4n) is 1.81. The molecule has 0 amide bonds. The Kier molecular flexibility index (Phi) is 3.81. The van der Waals surface area contributed by atoms with Gasteiger partial charge in [-0.05, 0) is 22.0 Å². The lowest BCUT2D eigenvalue weighted by molar-refractivity contribution is 0.608. The van der Waals surface area contributed by atoms with Crippen molar-refractivity contribution in [2.75, 3.05) is 17.7 Å². The molecule has 1 aromatic carbocycles. The molecule has 1 heterocycles. The lowest BCUT2D eigenvalue weighted by Gasteiger charge is -2.22. The number of benzene rings is 1. The predicted octanol–water partition coefficient (Wildman–Crippen LogP) is 3.20. The van der Waals surface area contributed by atoms with Gasteiger partial charge in [0.25, 0.3) is 0 Å². The second kappa shape index (κ2) is 5.35. The number of rotatable bonds is 3. The van der Waals surface area contributed by atoms with Crippen LogP contribution in [0.25, 0.3) is 0 Å². The van der Waals surface area contributed by atoms with Crippen molar-refractivity contribution in [3.05, 3.63) is 52.5 Å². The molecule has 0 bridgehead atoms. The van der Waals surface area contributed by atoms with Crippen molar-refractivity contribution < 1.29 is 4.39 Å². The average Bonchev–Trinajstić information content (AvgIpc) is 2.32. The number of aromatic nitrogens is 1. The van der Waals surface area contributed by atoms with Crippen LogP contribution in [0.5, 0.6) is 0 Å². The first-order valence-electron chi connectivity index (χ1n) is 5.43. The van der Waals surface area contributed by atoms with Gasteiger partial charge in [0.15, 0.2) is 0 Å². The zero-order valence-electron chi connectivity index (χ0n) is 9.90. The van der Waals surface area contributed by atoms with Gasteiger partial charge in [0.1, 0.15) is 5.82 Å². The number of pyridine rings is 1. The third-order valence-corrected chi connectivity index (χ3v) is 3.23. The predicted molar refractivity (Wildman–Crippen MR) is 74.9 cm³/mol. The van der Waals surface area contributed by atoms with E-state index in [4.69, 9.17) is 5.73 Å². The summed E-state index contributed by atoms with van der Waals surface area (Å²) in [7, 11) is 1.86. The first-order valence-corrected chi connectivity index (χ1v) is 6.22. The van der Waals surface area contributed by atoms with Crippen LogP contribution >= 0.6 is 15.9 Å². The zero-order chi connectivity index (χ0) is 13.1. The molecule has 18 heavy (non-hydrogen) atoms. The van der Waals surface area contributed by atoms with Crippen LogP contribution in [0.4, 0.5) is 15.8 Å². The molecular weight excluding hydrogens is 297 g/mol. The Morgan fingerprint density at radius 3 is 2.72 bits per heavy atom. The van der Waals surface area contributed by atoms with Crippen molar-refractivity contribution >= 4 is 27.3 Å². The third kappa shape index (κ3) is 2.61. The highest BCUT2D eigenvalue weighted by Crippen LogP contribution is 2.31. The third-order valence-electron chi connectivity index (χ3n) is 2.65. The van der Waals surface area contributed by atoms with E-state index in [1.807, 2.05) is 18.0 Å². The van der Waals surface area contributed by atoms with Gasteiger partial charge in [-0.2, -0.15) is 0 Å². The fraction of sp³-hybridized carbons (Fsp3) is 0.154. The molecule has 94 valence electrons. The van der Waals surface area contributed by atoms with E-state index >= 15 is 0 Å². The molecule has 1 aromatic heterocycles. The lowest BCUT2D eigenvalue weighted by atomic mass is 10.2. The molecule has 2 N–H and O–H groups in total. The summed E-state index contributed by atoms with van der Waals surface area (Å²) >= 11 is 3.40. The Morgan fingerprint density at radius 1 is 1.33 bits per heavy atom. The average molecular weight is 310 g/mol. The fourth-order valence-corrected chi connectivity index (χ4v) is 2.46. The van der Waals surface area contributed by atoms with Crippen LogP contribution in [-0.4, -0.2) is 12.0 Å². The number of nitrogens with zero attached hydrogens (tertiary/aromatic N) is 2. The maximum Gasteiger partial charge on any atom is 0.128 e. The van der Waals surface area contributed by atoms with E-state index in [0.29, 0.717) is 17.8 Å². The summed E-state index contributed by atoms with van der Waals surface area (Å²) in [4.78, 5) is 5.87. The van der Waals surface area contributed by atoms with Gasteiger partial charge in [0.2, 0.25) is 0 Å². The molecule has 3 nitrogen and oxygen atoms in total. The van der Waals surface area contributed by atoms with Gasteiger partial charge < -0.3 is 10.6 Å². The molecule has 0 aliphatic carbocycles. The highest BCUT2D eigenvalue weighted by atomic mass is 79.9. The van der Waals surface area contributed by atoms with E-state index in [0.717, 1.165) is 10.2 Å². The molecule has 0 aliphatic heterocycles. The first-order chi connectivity index (χ1) is 8.59. The monoisotopic (exact) mass is 309 g/mol. The molecule has 0 spiro atoms. The van der Waals surface area contributed by atoms with Crippen molar-refractivity contribution in [1.82, 2.24) is 4.98 Å². The summed E-state index contributed by atoms with van der Waals surface area (Å²) in [5.74, 6) is -0.215. The van der Waals surface area contributed by atoms with Crippen LogP contribution in [0.15, 0.2) is 41.1 Å². The number of nitrogen functional groups attached to an aromatic ring is 1. The molecule has 0 radical (unpaired) electrons. The zero-order valence-corrected chi connectivity index (χ0v) is 11.5. The molecule has 0 saturated carbocycles. The number of halogens is 2. The van der Waals surface area contributed by atoms with Crippen LogP contribution in [-0.2, 0) is 6.54 Å². The van der Waals surface area contributed by atoms with Crippen molar-refractivity contribution in [2.24, 2.45) is 0 Å². The van der Waals surface area contributed by atoms with E-state index < -0.39 is 0 Å².